The molecule has 104 valence electrons. The average molecular weight is 279 g/mol. The third kappa shape index (κ3) is 4.55. The number of hydrogen-bond acceptors (Lipinski definition) is 3. The van der Waals surface area contributed by atoms with Gasteiger partial charge in [-0.25, -0.2) is 0 Å². The van der Waals surface area contributed by atoms with E-state index in [-0.39, 0.29) is 23.7 Å². The van der Waals surface area contributed by atoms with Crippen LogP contribution in [-0.4, -0.2) is 29.4 Å². The van der Waals surface area contributed by atoms with Crippen LogP contribution in [0.15, 0.2) is 30.3 Å². The first-order chi connectivity index (χ1) is 9.20. The van der Waals surface area contributed by atoms with E-state index in [2.05, 4.69) is 5.32 Å². The van der Waals surface area contributed by atoms with Crippen molar-refractivity contribution in [2.24, 2.45) is 5.92 Å². The Morgan fingerprint density at radius 1 is 1.42 bits per heavy atom. The third-order valence-corrected chi connectivity index (χ3v) is 4.70. The highest BCUT2D eigenvalue weighted by Gasteiger charge is 2.28. The molecule has 0 aliphatic heterocycles. The zero-order valence-electron chi connectivity index (χ0n) is 11.2. The van der Waals surface area contributed by atoms with Crippen LogP contribution in [0.3, 0.4) is 0 Å². The van der Waals surface area contributed by atoms with E-state index in [1.165, 1.54) is 0 Å². The van der Waals surface area contributed by atoms with Crippen molar-refractivity contribution in [1.82, 2.24) is 5.32 Å². The number of carbonyl (C=O) groups excluding carboxylic acids is 1. The molecule has 4 heteroatoms. The van der Waals surface area contributed by atoms with Gasteiger partial charge in [-0.3, -0.25) is 4.79 Å². The summed E-state index contributed by atoms with van der Waals surface area (Å²) >= 11 is 1.61. The summed E-state index contributed by atoms with van der Waals surface area (Å²) in [6, 6.07) is 10.3. The summed E-state index contributed by atoms with van der Waals surface area (Å²) in [6.45, 7) is 2.16. The molecule has 0 saturated heterocycles. The molecule has 0 radical (unpaired) electrons. The monoisotopic (exact) mass is 279 g/mol. The maximum absolute atomic E-state index is 12.3. The predicted octanol–water partition coefficient (Wildman–Crippen LogP) is 2.37. The maximum atomic E-state index is 12.3. The van der Waals surface area contributed by atoms with E-state index >= 15 is 0 Å². The van der Waals surface area contributed by atoms with Gasteiger partial charge in [-0.05, 0) is 30.1 Å². The van der Waals surface area contributed by atoms with E-state index in [0.29, 0.717) is 6.04 Å². The molecule has 2 N–H and O–H groups in total. The van der Waals surface area contributed by atoms with E-state index in [1.54, 1.807) is 11.8 Å². The smallest absolute Gasteiger partial charge is 0.237 e. The molecule has 19 heavy (non-hydrogen) atoms. The van der Waals surface area contributed by atoms with Crippen LogP contribution >= 0.6 is 11.8 Å². The molecule has 2 unspecified atom stereocenters. The molecule has 1 aromatic carbocycles. The van der Waals surface area contributed by atoms with Gasteiger partial charge in [-0.15, -0.1) is 11.8 Å². The van der Waals surface area contributed by atoms with Crippen LogP contribution in [0, 0.1) is 5.92 Å². The molecule has 1 saturated carbocycles. The Hall–Kier alpha value is -1.00. The molecular weight excluding hydrogens is 258 g/mol. The number of carbonyl (C=O) groups is 1. The number of thioether (sulfide) groups is 1. The second kappa shape index (κ2) is 6.96. The van der Waals surface area contributed by atoms with E-state index in [4.69, 9.17) is 5.11 Å². The summed E-state index contributed by atoms with van der Waals surface area (Å²) in [5.41, 5.74) is 1.04. The zero-order chi connectivity index (χ0) is 13.7. The molecule has 0 aromatic heterocycles. The minimum atomic E-state index is -0.171. The van der Waals surface area contributed by atoms with Crippen molar-refractivity contribution in [1.29, 1.82) is 0 Å². The lowest BCUT2D eigenvalue weighted by atomic mass is 10.1. The Kier molecular flexibility index (Phi) is 5.28. The van der Waals surface area contributed by atoms with Crippen molar-refractivity contribution in [2.75, 3.05) is 12.4 Å². The summed E-state index contributed by atoms with van der Waals surface area (Å²) in [6.07, 6.45) is 2.20. The summed E-state index contributed by atoms with van der Waals surface area (Å²) in [7, 11) is 0. The highest BCUT2D eigenvalue weighted by atomic mass is 32.2. The van der Waals surface area contributed by atoms with Gasteiger partial charge < -0.3 is 10.4 Å². The molecular formula is C15H21NO2S. The standard InChI is InChI=1S/C15H21NO2S/c1-11(9-17)10-19-14(12-5-3-2-4-6-12)15(18)16-13-7-8-13/h2-6,11,13-14,17H,7-10H2,1H3,(H,16,18). The molecule has 0 bridgehead atoms. The number of hydrogen-bond donors (Lipinski definition) is 2. The molecule has 0 heterocycles. The average Bonchev–Trinajstić information content (AvgIpc) is 3.23. The largest absolute Gasteiger partial charge is 0.396 e. The predicted molar refractivity (Wildman–Crippen MR) is 79.1 cm³/mol. The Labute approximate surface area is 118 Å². The number of rotatable bonds is 7. The molecule has 2 rings (SSSR count). The fourth-order valence-corrected chi connectivity index (χ4v) is 2.96. The zero-order valence-corrected chi connectivity index (χ0v) is 12.0. The van der Waals surface area contributed by atoms with Crippen LogP contribution in [0.5, 0.6) is 0 Å². The fraction of sp³-hybridized carbons (Fsp3) is 0.533. The van der Waals surface area contributed by atoms with Crippen LogP contribution in [0.2, 0.25) is 0 Å². The highest BCUT2D eigenvalue weighted by molar-refractivity contribution is 8.00. The number of aliphatic hydroxyl groups excluding tert-OH is 1. The molecule has 1 fully saturated rings. The van der Waals surface area contributed by atoms with Crippen LogP contribution in [0.1, 0.15) is 30.6 Å². The third-order valence-electron chi connectivity index (χ3n) is 3.12. The Morgan fingerprint density at radius 2 is 2.11 bits per heavy atom. The van der Waals surface area contributed by atoms with Crippen molar-refractivity contribution in [3.05, 3.63) is 35.9 Å². The van der Waals surface area contributed by atoms with Gasteiger partial charge in [-0.1, -0.05) is 37.3 Å². The van der Waals surface area contributed by atoms with Crippen molar-refractivity contribution < 1.29 is 9.90 Å². The molecule has 1 aliphatic rings. The molecule has 1 amide bonds. The lowest BCUT2D eigenvalue weighted by Crippen LogP contribution is -2.30. The molecule has 0 spiro atoms. The van der Waals surface area contributed by atoms with Crippen molar-refractivity contribution >= 4 is 17.7 Å². The van der Waals surface area contributed by atoms with Crippen molar-refractivity contribution in [2.45, 2.75) is 31.1 Å². The number of aliphatic hydroxyl groups is 1. The van der Waals surface area contributed by atoms with E-state index < -0.39 is 0 Å². The number of amides is 1. The molecule has 1 aliphatic carbocycles. The van der Waals surface area contributed by atoms with Crippen LogP contribution in [-0.2, 0) is 4.79 Å². The van der Waals surface area contributed by atoms with Crippen molar-refractivity contribution in [3.63, 3.8) is 0 Å². The SMILES string of the molecule is CC(CO)CSC(C(=O)NC1CC1)c1ccccc1. The topological polar surface area (TPSA) is 49.3 Å². The quantitative estimate of drug-likeness (QED) is 0.805. The summed E-state index contributed by atoms with van der Waals surface area (Å²) in [5.74, 6) is 1.10. The fourth-order valence-electron chi connectivity index (χ4n) is 1.77. The normalized spacial score (nSPS) is 17.8. The lowest BCUT2D eigenvalue weighted by Gasteiger charge is -2.18. The second-order valence-electron chi connectivity index (χ2n) is 5.19. The van der Waals surface area contributed by atoms with Crippen LogP contribution < -0.4 is 5.32 Å². The Balaban J connectivity index is 2.01. The first kappa shape index (κ1) is 14.4. The van der Waals surface area contributed by atoms with Gasteiger partial charge in [0.25, 0.3) is 0 Å². The molecule has 1 aromatic rings. The maximum Gasteiger partial charge on any atom is 0.237 e. The lowest BCUT2D eigenvalue weighted by molar-refractivity contribution is -0.120. The minimum absolute atomic E-state index is 0.101. The summed E-state index contributed by atoms with van der Waals surface area (Å²) < 4.78 is 0. The van der Waals surface area contributed by atoms with E-state index in [1.807, 2.05) is 37.3 Å². The van der Waals surface area contributed by atoms with Gasteiger partial charge in [0.2, 0.25) is 5.91 Å². The van der Waals surface area contributed by atoms with E-state index in [0.717, 1.165) is 24.2 Å². The van der Waals surface area contributed by atoms with Crippen LogP contribution in [0.4, 0.5) is 0 Å². The van der Waals surface area contributed by atoms with Crippen LogP contribution in [0.25, 0.3) is 0 Å². The summed E-state index contributed by atoms with van der Waals surface area (Å²) in [5, 5.41) is 12.0. The van der Waals surface area contributed by atoms with E-state index in [9.17, 15) is 4.79 Å². The van der Waals surface area contributed by atoms with Crippen molar-refractivity contribution in [3.8, 4) is 0 Å². The van der Waals surface area contributed by atoms with Gasteiger partial charge in [0.15, 0.2) is 0 Å². The van der Waals surface area contributed by atoms with Gasteiger partial charge in [-0.2, -0.15) is 0 Å². The Morgan fingerprint density at radius 3 is 2.68 bits per heavy atom. The molecule has 2 atom stereocenters. The first-order valence-corrected chi connectivity index (χ1v) is 7.83. The Bertz CT molecular complexity index is 406. The minimum Gasteiger partial charge on any atom is -0.396 e. The second-order valence-corrected chi connectivity index (χ2v) is 6.33. The van der Waals surface area contributed by atoms with Gasteiger partial charge >= 0.3 is 0 Å². The van der Waals surface area contributed by atoms with Gasteiger partial charge in [0.1, 0.15) is 5.25 Å². The number of benzene rings is 1. The first-order valence-electron chi connectivity index (χ1n) is 6.78. The molecule has 3 nitrogen and oxygen atoms in total. The number of nitrogens with one attached hydrogen (secondary N) is 1. The van der Waals surface area contributed by atoms with Gasteiger partial charge in [0, 0.05) is 12.6 Å². The van der Waals surface area contributed by atoms with Gasteiger partial charge in [0.05, 0.1) is 0 Å². The summed E-state index contributed by atoms with van der Waals surface area (Å²) in [4.78, 5) is 12.3. The highest BCUT2D eigenvalue weighted by Crippen LogP contribution is 2.32.